The number of benzene rings is 2. The van der Waals surface area contributed by atoms with E-state index in [1.54, 1.807) is 0 Å². The van der Waals surface area contributed by atoms with E-state index in [1.165, 1.54) is 47.9 Å². The van der Waals surface area contributed by atoms with Gasteiger partial charge in [0.05, 0.1) is 0 Å². The third-order valence-electron chi connectivity index (χ3n) is 4.10. The molecule has 0 unspecified atom stereocenters. The van der Waals surface area contributed by atoms with Crippen molar-refractivity contribution in [2.24, 2.45) is 0 Å². The Morgan fingerprint density at radius 3 is 2.35 bits per heavy atom. The van der Waals surface area contributed by atoms with Crippen molar-refractivity contribution in [2.45, 2.75) is 58.8 Å². The van der Waals surface area contributed by atoms with Gasteiger partial charge in [0, 0.05) is 12.0 Å². The highest BCUT2D eigenvalue weighted by Gasteiger charge is 2.03. The Hall–Kier alpha value is -2.00. The number of aryl methyl sites for hydroxylation is 1. The second-order valence-corrected chi connectivity index (χ2v) is 6.16. The van der Waals surface area contributed by atoms with E-state index < -0.39 is 0 Å². The Morgan fingerprint density at radius 2 is 1.61 bits per heavy atom. The van der Waals surface area contributed by atoms with E-state index in [4.69, 9.17) is 0 Å². The van der Waals surface area contributed by atoms with Gasteiger partial charge in [0.2, 0.25) is 0 Å². The van der Waals surface area contributed by atoms with Crippen LogP contribution >= 0.6 is 0 Å². The summed E-state index contributed by atoms with van der Waals surface area (Å²) in [6, 6.07) is 17.5. The Bertz CT molecular complexity index is 641. The summed E-state index contributed by atoms with van der Waals surface area (Å²) in [5.74, 6) is 6.74. The normalized spacial score (nSPS) is 10.2. The van der Waals surface area contributed by atoms with E-state index in [0.717, 1.165) is 19.3 Å². The minimum absolute atomic E-state index is 1.00. The van der Waals surface area contributed by atoms with Crippen LogP contribution in [0.4, 0.5) is 0 Å². The molecule has 0 nitrogen and oxygen atoms in total. The summed E-state index contributed by atoms with van der Waals surface area (Å²) in [4.78, 5) is 0. The Balaban J connectivity index is 2.17. The maximum Gasteiger partial charge on any atom is 0.0277 e. The Labute approximate surface area is 142 Å². The summed E-state index contributed by atoms with van der Waals surface area (Å²) in [7, 11) is 0. The minimum atomic E-state index is 1.00. The van der Waals surface area contributed by atoms with E-state index in [1.807, 2.05) is 0 Å². The SMILES string of the molecule is CCCCC#Cc1ccc(Cc2ccccc2)cc1CCCC. The predicted molar refractivity (Wildman–Crippen MR) is 101 cm³/mol. The van der Waals surface area contributed by atoms with E-state index in [9.17, 15) is 0 Å². The molecule has 0 saturated carbocycles. The Kier molecular flexibility index (Phi) is 7.47. The molecule has 120 valence electrons. The largest absolute Gasteiger partial charge is 0.0979 e. The van der Waals surface area contributed by atoms with Crippen LogP contribution in [0.5, 0.6) is 0 Å². The predicted octanol–water partition coefficient (Wildman–Crippen LogP) is 6.16. The van der Waals surface area contributed by atoms with Crippen molar-refractivity contribution >= 4 is 0 Å². The highest BCUT2D eigenvalue weighted by atomic mass is 14.1. The van der Waals surface area contributed by atoms with Gasteiger partial charge in [-0.05, 0) is 48.4 Å². The fraction of sp³-hybridized carbons (Fsp3) is 0.391. The van der Waals surface area contributed by atoms with Gasteiger partial charge in [0.15, 0.2) is 0 Å². The van der Waals surface area contributed by atoms with Crippen molar-refractivity contribution < 1.29 is 0 Å². The molecule has 0 aliphatic rings. The molecule has 0 aliphatic carbocycles. The van der Waals surface area contributed by atoms with E-state index in [0.29, 0.717) is 0 Å². The number of hydrogen-bond acceptors (Lipinski definition) is 0. The molecule has 0 amide bonds. The van der Waals surface area contributed by atoms with Crippen molar-refractivity contribution in [1.82, 2.24) is 0 Å². The average molecular weight is 304 g/mol. The molecule has 0 heteroatoms. The monoisotopic (exact) mass is 304 g/mol. The van der Waals surface area contributed by atoms with Gasteiger partial charge in [0.25, 0.3) is 0 Å². The van der Waals surface area contributed by atoms with Crippen LogP contribution in [0.15, 0.2) is 48.5 Å². The third-order valence-corrected chi connectivity index (χ3v) is 4.10. The van der Waals surface area contributed by atoms with Crippen LogP contribution in [0.25, 0.3) is 0 Å². The second kappa shape index (κ2) is 9.90. The summed E-state index contributed by atoms with van der Waals surface area (Å²) >= 11 is 0. The van der Waals surface area contributed by atoms with Crippen LogP contribution in [-0.4, -0.2) is 0 Å². The van der Waals surface area contributed by atoms with Crippen LogP contribution in [-0.2, 0) is 12.8 Å². The first kappa shape index (κ1) is 17.4. The first-order valence-corrected chi connectivity index (χ1v) is 8.98. The van der Waals surface area contributed by atoms with Crippen LogP contribution in [0.2, 0.25) is 0 Å². The van der Waals surface area contributed by atoms with Gasteiger partial charge in [-0.25, -0.2) is 0 Å². The summed E-state index contributed by atoms with van der Waals surface area (Å²) < 4.78 is 0. The van der Waals surface area contributed by atoms with Crippen LogP contribution in [0.1, 0.15) is 68.2 Å². The molecule has 23 heavy (non-hydrogen) atoms. The maximum absolute atomic E-state index is 3.40. The highest BCUT2D eigenvalue weighted by Crippen LogP contribution is 2.17. The lowest BCUT2D eigenvalue weighted by molar-refractivity contribution is 0.792. The van der Waals surface area contributed by atoms with Gasteiger partial charge in [-0.2, -0.15) is 0 Å². The summed E-state index contributed by atoms with van der Waals surface area (Å²) in [5.41, 5.74) is 5.41. The molecule has 2 aromatic rings. The lowest BCUT2D eigenvalue weighted by atomic mass is 9.96. The molecule has 0 spiro atoms. The smallest absolute Gasteiger partial charge is 0.0277 e. The first-order valence-electron chi connectivity index (χ1n) is 8.98. The Morgan fingerprint density at radius 1 is 0.826 bits per heavy atom. The van der Waals surface area contributed by atoms with Crippen LogP contribution in [0, 0.1) is 11.8 Å². The van der Waals surface area contributed by atoms with Crippen molar-refractivity contribution in [1.29, 1.82) is 0 Å². The molecule has 0 bridgehead atoms. The zero-order valence-electron chi connectivity index (χ0n) is 14.6. The topological polar surface area (TPSA) is 0 Å². The molecular weight excluding hydrogens is 276 g/mol. The van der Waals surface area contributed by atoms with E-state index >= 15 is 0 Å². The van der Waals surface area contributed by atoms with Crippen molar-refractivity contribution in [3.05, 3.63) is 70.8 Å². The number of unbranched alkanes of at least 4 members (excludes halogenated alkanes) is 3. The standard InChI is InChI=1S/C23H28/c1-3-5-7-11-15-22-17-16-21(19-23(22)14-6-4-2)18-20-12-9-8-10-13-20/h8-10,12-13,16-17,19H,3-7,14,18H2,1-2H3. The van der Waals surface area contributed by atoms with Gasteiger partial charge in [-0.3, -0.25) is 0 Å². The average Bonchev–Trinajstić information content (AvgIpc) is 2.59. The zero-order valence-corrected chi connectivity index (χ0v) is 14.6. The molecule has 0 radical (unpaired) electrons. The quantitative estimate of drug-likeness (QED) is 0.424. The molecule has 0 atom stereocenters. The van der Waals surface area contributed by atoms with Gasteiger partial charge in [-0.15, -0.1) is 0 Å². The molecule has 0 saturated heterocycles. The molecule has 0 aromatic heterocycles. The third kappa shape index (κ3) is 5.95. The molecular formula is C23H28. The zero-order chi connectivity index (χ0) is 16.3. The van der Waals surface area contributed by atoms with Crippen LogP contribution in [0.3, 0.4) is 0 Å². The fourth-order valence-corrected chi connectivity index (χ4v) is 2.71. The van der Waals surface area contributed by atoms with E-state index in [2.05, 4.69) is 74.2 Å². The number of rotatable bonds is 7. The highest BCUT2D eigenvalue weighted by molar-refractivity contribution is 5.44. The van der Waals surface area contributed by atoms with E-state index in [-0.39, 0.29) is 0 Å². The van der Waals surface area contributed by atoms with Crippen LogP contribution < -0.4 is 0 Å². The van der Waals surface area contributed by atoms with Crippen molar-refractivity contribution in [2.75, 3.05) is 0 Å². The minimum Gasteiger partial charge on any atom is -0.0979 e. The van der Waals surface area contributed by atoms with Crippen molar-refractivity contribution in [3.63, 3.8) is 0 Å². The maximum atomic E-state index is 3.40. The lowest BCUT2D eigenvalue weighted by Crippen LogP contribution is -1.95. The van der Waals surface area contributed by atoms with Crippen molar-refractivity contribution in [3.8, 4) is 11.8 Å². The molecule has 0 aliphatic heterocycles. The lowest BCUT2D eigenvalue weighted by Gasteiger charge is -2.08. The first-order chi connectivity index (χ1) is 11.3. The molecule has 0 fully saturated rings. The second-order valence-electron chi connectivity index (χ2n) is 6.16. The molecule has 2 rings (SSSR count). The van der Waals surface area contributed by atoms with Gasteiger partial charge in [-0.1, -0.05) is 81.0 Å². The summed E-state index contributed by atoms with van der Waals surface area (Å²) in [6.45, 7) is 4.47. The molecule has 0 heterocycles. The summed E-state index contributed by atoms with van der Waals surface area (Å²) in [5, 5.41) is 0. The van der Waals surface area contributed by atoms with Gasteiger partial charge in [0.1, 0.15) is 0 Å². The fourth-order valence-electron chi connectivity index (χ4n) is 2.71. The molecule has 0 N–H and O–H groups in total. The molecule has 2 aromatic carbocycles. The number of hydrogen-bond donors (Lipinski definition) is 0. The van der Waals surface area contributed by atoms with Gasteiger partial charge < -0.3 is 0 Å². The summed E-state index contributed by atoms with van der Waals surface area (Å²) in [6.07, 6.45) is 8.02. The van der Waals surface area contributed by atoms with Gasteiger partial charge >= 0.3 is 0 Å².